The minimum absolute atomic E-state index is 0.182. The number of benzene rings is 1. The molecule has 0 spiro atoms. The van der Waals surface area contributed by atoms with Gasteiger partial charge in [-0.2, -0.15) is 0 Å². The van der Waals surface area contributed by atoms with E-state index in [1.54, 1.807) is 0 Å². The van der Waals surface area contributed by atoms with Crippen molar-refractivity contribution in [1.29, 1.82) is 0 Å². The summed E-state index contributed by atoms with van der Waals surface area (Å²) < 4.78 is 5.08. The summed E-state index contributed by atoms with van der Waals surface area (Å²) in [6, 6.07) is 6.36. The second-order valence-electron chi connectivity index (χ2n) is 6.74. The van der Waals surface area contributed by atoms with Crippen molar-refractivity contribution in [2.45, 2.75) is 57.4 Å². The monoisotopic (exact) mass is 349 g/mol. The number of hydrogen-bond acceptors (Lipinski definition) is 4. The molecule has 0 atom stereocenters. The van der Waals surface area contributed by atoms with Crippen LogP contribution in [0.4, 0.5) is 0 Å². The molecule has 132 valence electrons. The molecule has 0 aliphatic heterocycles. The van der Waals surface area contributed by atoms with Gasteiger partial charge in [0.2, 0.25) is 0 Å². The third kappa shape index (κ3) is 6.19. The zero-order valence-electron chi connectivity index (χ0n) is 14.8. The van der Waals surface area contributed by atoms with Gasteiger partial charge in [-0.25, -0.2) is 0 Å². The smallest absolute Gasteiger partial charge is 0.316 e. The summed E-state index contributed by atoms with van der Waals surface area (Å²) >= 11 is 1.45. The van der Waals surface area contributed by atoms with E-state index in [1.165, 1.54) is 17.3 Å². The normalized spacial score (nSPS) is 20.5. The molecule has 1 aromatic rings. The van der Waals surface area contributed by atoms with Crippen LogP contribution < -0.4 is 5.32 Å². The maximum absolute atomic E-state index is 11.9. The number of aryl methyl sites for hydroxylation is 2. The van der Waals surface area contributed by atoms with Gasteiger partial charge in [0, 0.05) is 10.9 Å². The van der Waals surface area contributed by atoms with Gasteiger partial charge >= 0.3 is 5.97 Å². The van der Waals surface area contributed by atoms with Gasteiger partial charge in [0.1, 0.15) is 0 Å². The van der Waals surface area contributed by atoms with E-state index < -0.39 is 0 Å². The van der Waals surface area contributed by atoms with Gasteiger partial charge in [0.15, 0.2) is 6.61 Å². The standard InChI is InChI=1S/C19H27NO3S/c1-13-4-7-16(8-5-13)20-18(21)11-23-19(22)12-24-17-9-6-14(2)10-15(17)3/h6,9-10,13,16H,4-5,7-8,11-12H2,1-3H3,(H,20,21). The van der Waals surface area contributed by atoms with Crippen molar-refractivity contribution < 1.29 is 14.3 Å². The van der Waals surface area contributed by atoms with E-state index in [0.717, 1.165) is 42.1 Å². The van der Waals surface area contributed by atoms with Crippen LogP contribution in [0.3, 0.4) is 0 Å². The third-order valence-electron chi connectivity index (χ3n) is 4.42. The number of ether oxygens (including phenoxy) is 1. The summed E-state index contributed by atoms with van der Waals surface area (Å²) in [5.41, 5.74) is 2.35. The van der Waals surface area contributed by atoms with Gasteiger partial charge in [-0.1, -0.05) is 24.6 Å². The summed E-state index contributed by atoms with van der Waals surface area (Å²) in [6.07, 6.45) is 4.33. The molecule has 1 saturated carbocycles. The molecule has 0 heterocycles. The number of thioether (sulfide) groups is 1. The van der Waals surface area contributed by atoms with Crippen LogP contribution in [0.2, 0.25) is 0 Å². The molecule has 1 amide bonds. The fraction of sp³-hybridized carbons (Fsp3) is 0.579. The highest BCUT2D eigenvalue weighted by atomic mass is 32.2. The van der Waals surface area contributed by atoms with Crippen LogP contribution >= 0.6 is 11.8 Å². The lowest BCUT2D eigenvalue weighted by Gasteiger charge is -2.26. The lowest BCUT2D eigenvalue weighted by Crippen LogP contribution is -2.39. The van der Waals surface area contributed by atoms with Gasteiger partial charge in [-0.05, 0) is 57.1 Å². The summed E-state index contributed by atoms with van der Waals surface area (Å²) in [7, 11) is 0. The first-order valence-electron chi connectivity index (χ1n) is 8.59. The molecule has 1 fully saturated rings. The van der Waals surface area contributed by atoms with E-state index in [2.05, 4.69) is 18.3 Å². The topological polar surface area (TPSA) is 55.4 Å². The molecule has 1 N–H and O–H groups in total. The highest BCUT2D eigenvalue weighted by Gasteiger charge is 2.20. The van der Waals surface area contributed by atoms with Crippen LogP contribution in [-0.4, -0.2) is 30.3 Å². The molecule has 24 heavy (non-hydrogen) atoms. The largest absolute Gasteiger partial charge is 0.455 e. The van der Waals surface area contributed by atoms with Crippen LogP contribution in [-0.2, 0) is 14.3 Å². The van der Waals surface area contributed by atoms with Crippen molar-refractivity contribution in [1.82, 2.24) is 5.32 Å². The summed E-state index contributed by atoms with van der Waals surface area (Å²) in [5, 5.41) is 2.96. The van der Waals surface area contributed by atoms with Crippen LogP contribution in [0.5, 0.6) is 0 Å². The van der Waals surface area contributed by atoms with Crippen molar-refractivity contribution >= 4 is 23.6 Å². The quantitative estimate of drug-likeness (QED) is 0.629. The van der Waals surface area contributed by atoms with E-state index in [9.17, 15) is 9.59 Å². The van der Waals surface area contributed by atoms with Crippen molar-refractivity contribution in [3.05, 3.63) is 29.3 Å². The third-order valence-corrected chi connectivity index (χ3v) is 5.57. The number of carbonyl (C=O) groups excluding carboxylic acids is 2. The Hall–Kier alpha value is -1.49. The maximum atomic E-state index is 11.9. The van der Waals surface area contributed by atoms with Crippen molar-refractivity contribution in [2.24, 2.45) is 5.92 Å². The zero-order valence-corrected chi connectivity index (χ0v) is 15.6. The SMILES string of the molecule is Cc1ccc(SCC(=O)OCC(=O)NC2CCC(C)CC2)c(C)c1. The van der Waals surface area contributed by atoms with Crippen molar-refractivity contribution in [3.8, 4) is 0 Å². The Bertz CT molecular complexity index is 580. The van der Waals surface area contributed by atoms with E-state index in [-0.39, 0.29) is 30.3 Å². The van der Waals surface area contributed by atoms with Crippen LogP contribution in [0.25, 0.3) is 0 Å². The number of hydrogen-bond donors (Lipinski definition) is 1. The summed E-state index contributed by atoms with van der Waals surface area (Å²) in [4.78, 5) is 24.7. The maximum Gasteiger partial charge on any atom is 0.316 e. The predicted molar refractivity (Wildman–Crippen MR) is 97.2 cm³/mol. The highest BCUT2D eigenvalue weighted by Crippen LogP contribution is 2.24. The lowest BCUT2D eigenvalue weighted by atomic mass is 9.87. The van der Waals surface area contributed by atoms with E-state index >= 15 is 0 Å². The Labute approximate surface area is 148 Å². The van der Waals surface area contributed by atoms with Gasteiger partial charge in [0.05, 0.1) is 5.75 Å². The minimum atomic E-state index is -0.354. The summed E-state index contributed by atoms with van der Waals surface area (Å²) in [5.74, 6) is 0.419. The molecular weight excluding hydrogens is 322 g/mol. The Morgan fingerprint density at radius 1 is 1.21 bits per heavy atom. The molecule has 4 nitrogen and oxygen atoms in total. The molecule has 5 heteroatoms. The second kappa shape index (κ2) is 9.11. The van der Waals surface area contributed by atoms with Gasteiger partial charge in [-0.15, -0.1) is 11.8 Å². The molecule has 0 unspecified atom stereocenters. The molecule has 0 bridgehead atoms. The van der Waals surface area contributed by atoms with E-state index in [1.807, 2.05) is 26.0 Å². The lowest BCUT2D eigenvalue weighted by molar-refractivity contribution is -0.146. The van der Waals surface area contributed by atoms with E-state index in [4.69, 9.17) is 4.74 Å². The Kier molecular flexibility index (Phi) is 7.16. The molecule has 0 radical (unpaired) electrons. The molecule has 1 aromatic carbocycles. The minimum Gasteiger partial charge on any atom is -0.455 e. The van der Waals surface area contributed by atoms with Gasteiger partial charge in [-0.3, -0.25) is 9.59 Å². The predicted octanol–water partition coefficient (Wildman–Crippen LogP) is 3.63. The Morgan fingerprint density at radius 2 is 1.92 bits per heavy atom. The fourth-order valence-corrected chi connectivity index (χ4v) is 3.77. The highest BCUT2D eigenvalue weighted by molar-refractivity contribution is 8.00. The summed E-state index contributed by atoms with van der Waals surface area (Å²) in [6.45, 7) is 6.13. The van der Waals surface area contributed by atoms with Crippen molar-refractivity contribution in [2.75, 3.05) is 12.4 Å². The Balaban J connectivity index is 1.66. The Morgan fingerprint density at radius 3 is 2.58 bits per heavy atom. The van der Waals surface area contributed by atoms with Crippen LogP contribution in [0, 0.1) is 19.8 Å². The zero-order chi connectivity index (χ0) is 17.5. The number of amides is 1. The number of nitrogens with one attached hydrogen (secondary N) is 1. The number of esters is 1. The first kappa shape index (κ1) is 18.8. The molecule has 2 rings (SSSR count). The second-order valence-corrected chi connectivity index (χ2v) is 7.76. The molecule has 1 aliphatic rings. The first-order valence-corrected chi connectivity index (χ1v) is 9.57. The van der Waals surface area contributed by atoms with Gasteiger partial charge < -0.3 is 10.1 Å². The average Bonchev–Trinajstić information content (AvgIpc) is 2.54. The van der Waals surface area contributed by atoms with Crippen LogP contribution in [0.15, 0.2) is 23.1 Å². The van der Waals surface area contributed by atoms with Crippen molar-refractivity contribution in [3.63, 3.8) is 0 Å². The molecular formula is C19H27NO3S. The van der Waals surface area contributed by atoms with Crippen LogP contribution in [0.1, 0.15) is 43.7 Å². The molecule has 1 aliphatic carbocycles. The first-order chi connectivity index (χ1) is 11.4. The number of carbonyl (C=O) groups is 2. The van der Waals surface area contributed by atoms with Gasteiger partial charge in [0.25, 0.3) is 5.91 Å². The molecule has 0 saturated heterocycles. The average molecular weight is 349 g/mol. The van der Waals surface area contributed by atoms with E-state index in [0.29, 0.717) is 0 Å². The fourth-order valence-electron chi connectivity index (χ4n) is 2.96. The number of rotatable bonds is 6. The molecule has 0 aromatic heterocycles.